The van der Waals surface area contributed by atoms with E-state index in [1.54, 1.807) is 7.11 Å². The van der Waals surface area contributed by atoms with Crippen LogP contribution in [0.4, 0.5) is 0 Å². The molecule has 0 fully saturated rings. The van der Waals surface area contributed by atoms with Crippen molar-refractivity contribution in [1.82, 2.24) is 15.5 Å². The maximum absolute atomic E-state index is 12.9. The lowest BCUT2D eigenvalue weighted by Gasteiger charge is -2.19. The summed E-state index contributed by atoms with van der Waals surface area (Å²) in [6.45, 7) is 6.12. The number of rotatable bonds is 8. The molecule has 0 saturated heterocycles. The number of hydrogen-bond donors (Lipinski definition) is 1. The molecule has 0 aliphatic heterocycles. The number of nitrogens with zero attached hydrogens (tertiary/aromatic N) is 2. The molecule has 1 amide bonds. The van der Waals surface area contributed by atoms with Gasteiger partial charge in [-0.05, 0) is 49.2 Å². The Kier molecular flexibility index (Phi) is 7.41. The summed E-state index contributed by atoms with van der Waals surface area (Å²) >= 11 is 12.5. The van der Waals surface area contributed by atoms with E-state index >= 15 is 0 Å². The van der Waals surface area contributed by atoms with E-state index in [0.717, 1.165) is 11.3 Å². The second-order valence-corrected chi connectivity index (χ2v) is 7.90. The lowest BCUT2D eigenvalue weighted by atomic mass is 10.0. The summed E-state index contributed by atoms with van der Waals surface area (Å²) in [5.41, 5.74) is 1.08. The van der Waals surface area contributed by atoms with Crippen molar-refractivity contribution in [2.75, 3.05) is 13.7 Å². The zero-order valence-corrected chi connectivity index (χ0v) is 19.1. The van der Waals surface area contributed by atoms with Crippen LogP contribution in [0.15, 0.2) is 40.9 Å². The molecule has 3 rings (SSSR count). The number of ether oxygens (including phenoxy) is 2. The lowest BCUT2D eigenvalue weighted by molar-refractivity contribution is 0.0914. The van der Waals surface area contributed by atoms with Crippen LogP contribution in [0, 0.1) is 5.92 Å². The average Bonchev–Trinajstić information content (AvgIpc) is 3.23. The maximum atomic E-state index is 12.9. The Hall–Kier alpha value is -2.77. The Bertz CT molecular complexity index is 1030. The van der Waals surface area contributed by atoms with Crippen LogP contribution in [0.5, 0.6) is 11.5 Å². The number of halogens is 2. The Morgan fingerprint density at radius 2 is 1.81 bits per heavy atom. The average molecular weight is 464 g/mol. The van der Waals surface area contributed by atoms with E-state index in [-0.39, 0.29) is 21.9 Å². The quantitative estimate of drug-likeness (QED) is 0.469. The zero-order valence-electron chi connectivity index (χ0n) is 17.6. The lowest BCUT2D eigenvalue weighted by Crippen LogP contribution is -2.32. The fourth-order valence-electron chi connectivity index (χ4n) is 2.93. The molecule has 1 atom stereocenters. The Morgan fingerprint density at radius 3 is 2.35 bits per heavy atom. The first-order valence-corrected chi connectivity index (χ1v) is 10.5. The number of amides is 1. The van der Waals surface area contributed by atoms with Gasteiger partial charge in [-0.15, -0.1) is 0 Å². The van der Waals surface area contributed by atoms with Gasteiger partial charge in [-0.3, -0.25) is 4.79 Å². The normalized spacial score (nSPS) is 12.0. The molecule has 0 radical (unpaired) electrons. The van der Waals surface area contributed by atoms with E-state index in [4.69, 9.17) is 37.2 Å². The van der Waals surface area contributed by atoms with Gasteiger partial charge < -0.3 is 19.3 Å². The molecule has 9 heteroatoms. The molecule has 164 valence electrons. The highest BCUT2D eigenvalue weighted by atomic mass is 35.5. The minimum Gasteiger partial charge on any atom is -0.497 e. The third-order valence-electron chi connectivity index (χ3n) is 4.56. The fourth-order valence-corrected chi connectivity index (χ4v) is 3.53. The van der Waals surface area contributed by atoms with Crippen molar-refractivity contribution < 1.29 is 18.8 Å². The molecule has 0 spiro atoms. The van der Waals surface area contributed by atoms with Crippen LogP contribution in [0.1, 0.15) is 43.1 Å². The predicted octanol–water partition coefficient (Wildman–Crippen LogP) is 5.58. The number of carbonyl (C=O) groups is 1. The van der Waals surface area contributed by atoms with Crippen LogP contribution in [-0.2, 0) is 0 Å². The summed E-state index contributed by atoms with van der Waals surface area (Å²) in [5, 5.41) is 7.50. The van der Waals surface area contributed by atoms with Crippen molar-refractivity contribution in [1.29, 1.82) is 0 Å². The minimum absolute atomic E-state index is 0.0123. The number of benzene rings is 2. The molecule has 0 aliphatic rings. The highest BCUT2D eigenvalue weighted by molar-refractivity contribution is 6.37. The van der Waals surface area contributed by atoms with Gasteiger partial charge in [0.15, 0.2) is 5.75 Å². The van der Waals surface area contributed by atoms with Crippen LogP contribution >= 0.6 is 23.2 Å². The molecule has 3 aromatic rings. The monoisotopic (exact) mass is 463 g/mol. The topological polar surface area (TPSA) is 86.5 Å². The third-order valence-corrected chi connectivity index (χ3v) is 5.12. The van der Waals surface area contributed by atoms with Gasteiger partial charge in [0, 0.05) is 11.1 Å². The molecule has 7 nitrogen and oxygen atoms in total. The van der Waals surface area contributed by atoms with Gasteiger partial charge in [-0.2, -0.15) is 4.98 Å². The van der Waals surface area contributed by atoms with Crippen LogP contribution < -0.4 is 14.8 Å². The van der Waals surface area contributed by atoms with Crippen LogP contribution in [0.2, 0.25) is 10.0 Å². The van der Waals surface area contributed by atoms with Crippen molar-refractivity contribution in [2.45, 2.75) is 26.8 Å². The Morgan fingerprint density at radius 1 is 1.16 bits per heavy atom. The van der Waals surface area contributed by atoms with E-state index in [1.807, 2.05) is 45.0 Å². The van der Waals surface area contributed by atoms with Crippen molar-refractivity contribution >= 4 is 29.1 Å². The van der Waals surface area contributed by atoms with Crippen LogP contribution in [-0.4, -0.2) is 29.8 Å². The van der Waals surface area contributed by atoms with Crippen molar-refractivity contribution in [2.24, 2.45) is 5.92 Å². The Balaban J connectivity index is 1.82. The Labute approximate surface area is 190 Å². The van der Waals surface area contributed by atoms with Crippen molar-refractivity contribution in [3.05, 3.63) is 57.9 Å². The number of methoxy groups -OCH3 is 1. The van der Waals surface area contributed by atoms with E-state index in [2.05, 4.69) is 15.5 Å². The number of aromatic nitrogens is 2. The summed E-state index contributed by atoms with van der Waals surface area (Å²) in [7, 11) is 1.60. The molecule has 0 unspecified atom stereocenters. The SMILES string of the molecule is CCOc1c(Cl)cc(C(=O)N[C@H](c2nc(-c3ccc(OC)cc3)no2)C(C)C)cc1Cl. The summed E-state index contributed by atoms with van der Waals surface area (Å²) in [4.78, 5) is 17.4. The van der Waals surface area contributed by atoms with Crippen LogP contribution in [0.3, 0.4) is 0 Å². The van der Waals surface area contributed by atoms with E-state index < -0.39 is 6.04 Å². The molecule has 0 bridgehead atoms. The fraction of sp³-hybridized carbons (Fsp3) is 0.318. The first kappa shape index (κ1) is 22.9. The first-order chi connectivity index (χ1) is 14.8. The molecule has 2 aromatic carbocycles. The maximum Gasteiger partial charge on any atom is 0.252 e. The largest absolute Gasteiger partial charge is 0.497 e. The van der Waals surface area contributed by atoms with Gasteiger partial charge >= 0.3 is 0 Å². The van der Waals surface area contributed by atoms with Gasteiger partial charge in [0.25, 0.3) is 5.91 Å². The van der Waals surface area contributed by atoms with Gasteiger partial charge in [-0.1, -0.05) is 42.2 Å². The summed E-state index contributed by atoms with van der Waals surface area (Å²) in [6, 6.07) is 9.82. The van der Waals surface area contributed by atoms with Crippen molar-refractivity contribution in [3.8, 4) is 22.9 Å². The molecular formula is C22H23Cl2N3O4. The van der Waals surface area contributed by atoms with Gasteiger partial charge in [0.05, 0.1) is 23.8 Å². The van der Waals surface area contributed by atoms with E-state index in [1.165, 1.54) is 12.1 Å². The summed E-state index contributed by atoms with van der Waals surface area (Å²) in [6.07, 6.45) is 0. The van der Waals surface area contributed by atoms with Crippen molar-refractivity contribution in [3.63, 3.8) is 0 Å². The van der Waals surface area contributed by atoms with Gasteiger partial charge in [-0.25, -0.2) is 0 Å². The molecule has 1 aromatic heterocycles. The molecule has 31 heavy (non-hydrogen) atoms. The van der Waals surface area contributed by atoms with Crippen LogP contribution in [0.25, 0.3) is 11.4 Å². The molecule has 1 heterocycles. The predicted molar refractivity (Wildman–Crippen MR) is 119 cm³/mol. The second kappa shape index (κ2) is 10.0. The molecular weight excluding hydrogens is 441 g/mol. The molecule has 1 N–H and O–H groups in total. The molecule has 0 aliphatic carbocycles. The van der Waals surface area contributed by atoms with E-state index in [0.29, 0.717) is 29.6 Å². The third kappa shape index (κ3) is 5.29. The van der Waals surface area contributed by atoms with Gasteiger partial charge in [0.2, 0.25) is 11.7 Å². The van der Waals surface area contributed by atoms with Gasteiger partial charge in [0.1, 0.15) is 11.8 Å². The highest BCUT2D eigenvalue weighted by Gasteiger charge is 2.26. The number of nitrogens with one attached hydrogen (secondary N) is 1. The summed E-state index contributed by atoms with van der Waals surface area (Å²) in [5.74, 6) is 1.43. The molecule has 0 saturated carbocycles. The smallest absolute Gasteiger partial charge is 0.252 e. The minimum atomic E-state index is -0.504. The summed E-state index contributed by atoms with van der Waals surface area (Å²) < 4.78 is 16.0. The highest BCUT2D eigenvalue weighted by Crippen LogP contribution is 2.34. The zero-order chi connectivity index (χ0) is 22.5. The first-order valence-electron chi connectivity index (χ1n) is 9.74. The second-order valence-electron chi connectivity index (χ2n) is 7.08. The standard InChI is InChI=1S/C22H23Cl2N3O4/c1-5-30-19-16(23)10-14(11-17(19)24)21(28)25-18(12(2)3)22-26-20(27-31-22)13-6-8-15(29-4)9-7-13/h6-12,18H,5H2,1-4H3,(H,25,28)/t18-/m0/s1. The number of hydrogen-bond acceptors (Lipinski definition) is 6. The van der Waals surface area contributed by atoms with E-state index in [9.17, 15) is 4.79 Å². The number of carbonyl (C=O) groups excluding carboxylic acids is 1.